The highest BCUT2D eigenvalue weighted by Gasteiger charge is 2.10. The second-order valence-electron chi connectivity index (χ2n) is 4.59. The van der Waals surface area contributed by atoms with Crippen LogP contribution in [0.4, 0.5) is 5.69 Å². The third-order valence-corrected chi connectivity index (χ3v) is 4.08. The summed E-state index contributed by atoms with van der Waals surface area (Å²) >= 11 is 6.83. The van der Waals surface area contributed by atoms with E-state index in [-0.39, 0.29) is 0 Å². The van der Waals surface area contributed by atoms with Crippen LogP contribution >= 0.6 is 24.0 Å². The van der Waals surface area contributed by atoms with Gasteiger partial charge < -0.3 is 11.1 Å². The molecule has 3 N–H and O–H groups in total. The molecule has 0 heterocycles. The van der Waals surface area contributed by atoms with Crippen molar-refractivity contribution < 1.29 is 0 Å². The van der Waals surface area contributed by atoms with Gasteiger partial charge in [0.25, 0.3) is 0 Å². The Bertz CT molecular complexity index is 606. The maximum Gasteiger partial charge on any atom is 0.107 e. The number of benzene rings is 2. The molecule has 0 atom stereocenters. The molecule has 2 rings (SSSR count). The van der Waals surface area contributed by atoms with Crippen LogP contribution in [-0.4, -0.2) is 11.2 Å². The second kappa shape index (κ2) is 6.77. The first-order valence-corrected chi connectivity index (χ1v) is 8.01. The van der Waals surface area contributed by atoms with Gasteiger partial charge in [-0.3, -0.25) is 0 Å². The minimum absolute atomic E-state index is 0.432. The third kappa shape index (κ3) is 3.52. The monoisotopic (exact) mass is 302 g/mol. The van der Waals surface area contributed by atoms with Crippen molar-refractivity contribution >= 4 is 34.7 Å². The summed E-state index contributed by atoms with van der Waals surface area (Å²) in [6.45, 7) is 2.85. The summed E-state index contributed by atoms with van der Waals surface area (Å²) in [6.07, 6.45) is 2.03. The van der Waals surface area contributed by atoms with Crippen molar-refractivity contribution in [3.05, 3.63) is 59.2 Å². The van der Waals surface area contributed by atoms with Gasteiger partial charge in [0.05, 0.1) is 0 Å². The maximum absolute atomic E-state index is 5.86. The van der Waals surface area contributed by atoms with E-state index in [0.29, 0.717) is 4.99 Å². The molecule has 0 aliphatic rings. The van der Waals surface area contributed by atoms with E-state index in [1.807, 2.05) is 24.5 Å². The quantitative estimate of drug-likeness (QED) is 0.647. The van der Waals surface area contributed by atoms with E-state index in [9.17, 15) is 0 Å². The van der Waals surface area contributed by atoms with Crippen molar-refractivity contribution in [1.82, 2.24) is 0 Å². The SMILES string of the molecule is CSc1cccc(NCc2ccc(C)cc2)c1C(N)=S. The van der Waals surface area contributed by atoms with Crippen LogP contribution in [0.15, 0.2) is 47.4 Å². The number of nitrogens with two attached hydrogens (primary N) is 1. The molecule has 4 heteroatoms. The Kier molecular flexibility index (Phi) is 5.04. The van der Waals surface area contributed by atoms with Crippen LogP contribution < -0.4 is 11.1 Å². The van der Waals surface area contributed by atoms with Gasteiger partial charge in [-0.15, -0.1) is 11.8 Å². The molecule has 0 fully saturated rings. The van der Waals surface area contributed by atoms with E-state index in [0.717, 1.165) is 22.7 Å². The van der Waals surface area contributed by atoms with Crippen molar-refractivity contribution in [1.29, 1.82) is 0 Å². The van der Waals surface area contributed by atoms with E-state index in [1.165, 1.54) is 11.1 Å². The molecular formula is C16H18N2S2. The molecule has 0 amide bonds. The molecule has 0 radical (unpaired) electrons. The molecule has 2 aromatic carbocycles. The minimum atomic E-state index is 0.432. The van der Waals surface area contributed by atoms with E-state index in [1.54, 1.807) is 11.8 Å². The van der Waals surface area contributed by atoms with Gasteiger partial charge >= 0.3 is 0 Å². The zero-order valence-electron chi connectivity index (χ0n) is 11.6. The Morgan fingerprint density at radius 2 is 1.90 bits per heavy atom. The number of aryl methyl sites for hydroxylation is 1. The van der Waals surface area contributed by atoms with Gasteiger partial charge in [0.15, 0.2) is 0 Å². The fourth-order valence-corrected chi connectivity index (χ4v) is 2.93. The van der Waals surface area contributed by atoms with Gasteiger partial charge in [-0.25, -0.2) is 0 Å². The first-order chi connectivity index (χ1) is 9.61. The average Bonchev–Trinajstić information content (AvgIpc) is 2.46. The summed E-state index contributed by atoms with van der Waals surface area (Å²) < 4.78 is 0. The predicted octanol–water partition coefficient (Wildman–Crippen LogP) is 3.96. The number of nitrogens with one attached hydrogen (secondary N) is 1. The zero-order chi connectivity index (χ0) is 14.5. The minimum Gasteiger partial charge on any atom is -0.389 e. The molecular weight excluding hydrogens is 284 g/mol. The predicted molar refractivity (Wildman–Crippen MR) is 92.6 cm³/mol. The van der Waals surface area contributed by atoms with Crippen LogP contribution in [0.1, 0.15) is 16.7 Å². The lowest BCUT2D eigenvalue weighted by Crippen LogP contribution is -2.14. The number of thiocarbonyl (C=S) groups is 1. The van der Waals surface area contributed by atoms with E-state index >= 15 is 0 Å². The molecule has 0 spiro atoms. The van der Waals surface area contributed by atoms with E-state index in [2.05, 4.69) is 36.5 Å². The van der Waals surface area contributed by atoms with Crippen LogP contribution in [0.3, 0.4) is 0 Å². The molecule has 0 saturated carbocycles. The largest absolute Gasteiger partial charge is 0.389 e. The van der Waals surface area contributed by atoms with Crippen LogP contribution in [0.2, 0.25) is 0 Å². The topological polar surface area (TPSA) is 38.0 Å². The van der Waals surface area contributed by atoms with E-state index < -0.39 is 0 Å². The number of hydrogen-bond acceptors (Lipinski definition) is 3. The fraction of sp³-hybridized carbons (Fsp3) is 0.188. The van der Waals surface area contributed by atoms with Gasteiger partial charge in [-0.1, -0.05) is 48.1 Å². The van der Waals surface area contributed by atoms with Crippen LogP contribution in [0.25, 0.3) is 0 Å². The summed E-state index contributed by atoms with van der Waals surface area (Å²) in [4.78, 5) is 1.53. The maximum atomic E-state index is 5.86. The molecule has 0 saturated heterocycles. The van der Waals surface area contributed by atoms with Gasteiger partial charge in [0.2, 0.25) is 0 Å². The highest BCUT2D eigenvalue weighted by Crippen LogP contribution is 2.27. The summed E-state index contributed by atoms with van der Waals surface area (Å²) in [7, 11) is 0. The van der Waals surface area contributed by atoms with Crippen LogP contribution in [0.5, 0.6) is 0 Å². The summed E-state index contributed by atoms with van der Waals surface area (Å²) in [5.41, 5.74) is 10.3. The molecule has 0 aromatic heterocycles. The molecule has 0 aliphatic heterocycles. The Hall–Kier alpha value is -1.52. The average molecular weight is 302 g/mol. The first kappa shape index (κ1) is 14.9. The Morgan fingerprint density at radius 1 is 1.20 bits per heavy atom. The van der Waals surface area contributed by atoms with Crippen molar-refractivity contribution in [2.45, 2.75) is 18.4 Å². The lowest BCUT2D eigenvalue weighted by molar-refractivity contribution is 1.14. The number of hydrogen-bond donors (Lipinski definition) is 2. The van der Waals surface area contributed by atoms with Crippen molar-refractivity contribution in [3.63, 3.8) is 0 Å². The summed E-state index contributed by atoms with van der Waals surface area (Å²) in [5.74, 6) is 0. The molecule has 0 unspecified atom stereocenters. The molecule has 20 heavy (non-hydrogen) atoms. The number of anilines is 1. The smallest absolute Gasteiger partial charge is 0.107 e. The second-order valence-corrected chi connectivity index (χ2v) is 5.87. The normalized spacial score (nSPS) is 10.3. The van der Waals surface area contributed by atoms with Gasteiger partial charge in [-0.05, 0) is 30.9 Å². The lowest BCUT2D eigenvalue weighted by Gasteiger charge is -2.14. The van der Waals surface area contributed by atoms with Crippen molar-refractivity contribution in [2.24, 2.45) is 5.73 Å². The Labute approximate surface area is 129 Å². The van der Waals surface area contributed by atoms with Gasteiger partial charge in [0, 0.05) is 22.7 Å². The molecule has 104 valence electrons. The van der Waals surface area contributed by atoms with Gasteiger partial charge in [0.1, 0.15) is 4.99 Å². The Morgan fingerprint density at radius 3 is 2.50 bits per heavy atom. The molecule has 0 aliphatic carbocycles. The standard InChI is InChI=1S/C16H18N2S2/c1-11-6-8-12(9-7-11)10-18-13-4-3-5-14(20-2)15(13)16(17)19/h3-9,18H,10H2,1-2H3,(H2,17,19). The molecule has 2 aromatic rings. The van der Waals surface area contributed by atoms with Crippen LogP contribution in [0, 0.1) is 6.92 Å². The van der Waals surface area contributed by atoms with Crippen molar-refractivity contribution in [3.8, 4) is 0 Å². The molecule has 2 nitrogen and oxygen atoms in total. The zero-order valence-corrected chi connectivity index (χ0v) is 13.3. The fourth-order valence-electron chi connectivity index (χ4n) is 2.01. The van der Waals surface area contributed by atoms with Crippen molar-refractivity contribution in [2.75, 3.05) is 11.6 Å². The summed E-state index contributed by atoms with van der Waals surface area (Å²) in [5, 5.41) is 3.42. The third-order valence-electron chi connectivity index (χ3n) is 3.10. The number of rotatable bonds is 5. The highest BCUT2D eigenvalue weighted by atomic mass is 32.2. The summed E-state index contributed by atoms with van der Waals surface area (Å²) in [6, 6.07) is 14.6. The Balaban J connectivity index is 2.21. The first-order valence-electron chi connectivity index (χ1n) is 6.38. The van der Waals surface area contributed by atoms with Gasteiger partial charge in [-0.2, -0.15) is 0 Å². The lowest BCUT2D eigenvalue weighted by atomic mass is 10.1. The highest BCUT2D eigenvalue weighted by molar-refractivity contribution is 7.98. The van der Waals surface area contributed by atoms with E-state index in [4.69, 9.17) is 18.0 Å². The molecule has 0 bridgehead atoms. The van der Waals surface area contributed by atoms with Crippen LogP contribution in [-0.2, 0) is 6.54 Å². The number of thioether (sulfide) groups is 1.